The van der Waals surface area contributed by atoms with Crippen LogP contribution in [-0.4, -0.2) is 17.1 Å². The Kier molecular flexibility index (Phi) is 5.77. The zero-order chi connectivity index (χ0) is 20.9. The molecular formula is C23H18BrN5O. The number of benzene rings is 2. The number of hydrogen-bond donors (Lipinski definition) is 2. The fourth-order valence-electron chi connectivity index (χ4n) is 2.99. The van der Waals surface area contributed by atoms with Crippen LogP contribution in [0.5, 0.6) is 5.75 Å². The second-order valence-corrected chi connectivity index (χ2v) is 7.51. The van der Waals surface area contributed by atoms with Crippen molar-refractivity contribution >= 4 is 44.2 Å². The highest BCUT2D eigenvalue weighted by Gasteiger charge is 2.09. The summed E-state index contributed by atoms with van der Waals surface area (Å²) in [7, 11) is 1.65. The molecule has 4 rings (SSSR count). The van der Waals surface area contributed by atoms with Gasteiger partial charge in [0, 0.05) is 22.1 Å². The summed E-state index contributed by atoms with van der Waals surface area (Å²) in [5, 5.41) is 17.0. The van der Waals surface area contributed by atoms with Crippen LogP contribution in [0.2, 0.25) is 0 Å². The predicted molar refractivity (Wildman–Crippen MR) is 122 cm³/mol. The van der Waals surface area contributed by atoms with Crippen molar-refractivity contribution in [1.29, 1.82) is 5.26 Å². The van der Waals surface area contributed by atoms with Crippen LogP contribution < -0.4 is 15.4 Å². The van der Waals surface area contributed by atoms with Gasteiger partial charge in [-0.3, -0.25) is 0 Å². The number of nitrogens with zero attached hydrogens (tertiary/aromatic N) is 3. The molecule has 6 nitrogen and oxygen atoms in total. The van der Waals surface area contributed by atoms with E-state index < -0.39 is 0 Å². The van der Waals surface area contributed by atoms with Gasteiger partial charge in [0.15, 0.2) is 0 Å². The van der Waals surface area contributed by atoms with E-state index in [2.05, 4.69) is 42.6 Å². The van der Waals surface area contributed by atoms with Crippen molar-refractivity contribution in [3.05, 3.63) is 82.5 Å². The highest BCUT2D eigenvalue weighted by molar-refractivity contribution is 9.10. The molecule has 148 valence electrons. The molecule has 0 fully saturated rings. The number of halogens is 1. The Balaban J connectivity index is 1.56. The van der Waals surface area contributed by atoms with Gasteiger partial charge in [-0.25, -0.2) is 9.97 Å². The van der Waals surface area contributed by atoms with Gasteiger partial charge in [-0.2, -0.15) is 5.26 Å². The van der Waals surface area contributed by atoms with Crippen LogP contribution in [0.25, 0.3) is 10.9 Å². The molecule has 0 aliphatic carbocycles. The molecule has 0 amide bonds. The first-order valence-electron chi connectivity index (χ1n) is 9.25. The molecule has 2 heterocycles. The lowest BCUT2D eigenvalue weighted by atomic mass is 10.1. The Morgan fingerprint density at radius 3 is 2.67 bits per heavy atom. The monoisotopic (exact) mass is 459 g/mol. The van der Waals surface area contributed by atoms with E-state index in [1.165, 1.54) is 0 Å². The summed E-state index contributed by atoms with van der Waals surface area (Å²) in [5.74, 6) is 2.05. The summed E-state index contributed by atoms with van der Waals surface area (Å²) in [6, 6.07) is 21.5. The molecule has 2 aromatic heterocycles. The van der Waals surface area contributed by atoms with Gasteiger partial charge in [-0.1, -0.05) is 34.1 Å². The molecule has 2 N–H and O–H groups in total. The van der Waals surface area contributed by atoms with Gasteiger partial charge < -0.3 is 15.4 Å². The number of nitriles is 1. The number of rotatable bonds is 6. The van der Waals surface area contributed by atoms with E-state index in [1.807, 2.05) is 60.7 Å². The maximum absolute atomic E-state index is 9.59. The minimum absolute atomic E-state index is 0.467. The van der Waals surface area contributed by atoms with E-state index in [0.717, 1.165) is 32.7 Å². The molecule has 0 saturated heterocycles. The molecule has 0 atom stereocenters. The number of ether oxygens (including phenoxy) is 1. The van der Waals surface area contributed by atoms with Crippen molar-refractivity contribution in [2.45, 2.75) is 6.54 Å². The zero-order valence-electron chi connectivity index (χ0n) is 16.2. The van der Waals surface area contributed by atoms with Crippen LogP contribution in [0.4, 0.5) is 17.3 Å². The van der Waals surface area contributed by atoms with Crippen LogP contribution in [-0.2, 0) is 6.54 Å². The maximum Gasteiger partial charge on any atom is 0.149 e. The normalized spacial score (nSPS) is 10.4. The minimum atomic E-state index is 0.467. The number of fused-ring (bicyclic) bond motifs is 1. The number of pyridine rings is 2. The number of aromatic nitrogens is 2. The lowest BCUT2D eigenvalue weighted by Gasteiger charge is -2.11. The Morgan fingerprint density at radius 1 is 1.10 bits per heavy atom. The molecule has 4 aromatic rings. The summed E-state index contributed by atoms with van der Waals surface area (Å²) in [4.78, 5) is 9.05. The summed E-state index contributed by atoms with van der Waals surface area (Å²) < 4.78 is 6.13. The number of hydrogen-bond acceptors (Lipinski definition) is 6. The quantitative estimate of drug-likeness (QED) is 0.388. The van der Waals surface area contributed by atoms with Crippen molar-refractivity contribution in [2.75, 3.05) is 17.7 Å². The highest BCUT2D eigenvalue weighted by Crippen LogP contribution is 2.26. The van der Waals surface area contributed by atoms with E-state index >= 15 is 0 Å². The van der Waals surface area contributed by atoms with E-state index in [-0.39, 0.29) is 0 Å². The average molecular weight is 460 g/mol. The Hall–Kier alpha value is -3.63. The summed E-state index contributed by atoms with van der Waals surface area (Å²) in [6.45, 7) is 0.629. The molecule has 0 bridgehead atoms. The predicted octanol–water partition coefficient (Wildman–Crippen LogP) is 5.63. The van der Waals surface area contributed by atoms with Crippen LogP contribution in [0, 0.1) is 11.3 Å². The minimum Gasteiger partial charge on any atom is -0.497 e. The SMILES string of the molecule is COc1ccc(CNc2cc3cc(C#N)c(Nc4cccc(Br)c4)nc3cn2)cc1. The van der Waals surface area contributed by atoms with Crippen LogP contribution in [0.15, 0.2) is 71.3 Å². The van der Waals surface area contributed by atoms with E-state index in [0.29, 0.717) is 23.4 Å². The fourth-order valence-corrected chi connectivity index (χ4v) is 3.39. The molecule has 7 heteroatoms. The van der Waals surface area contributed by atoms with Crippen LogP contribution in [0.1, 0.15) is 11.1 Å². The smallest absolute Gasteiger partial charge is 0.149 e. The van der Waals surface area contributed by atoms with E-state index in [1.54, 1.807) is 13.3 Å². The largest absolute Gasteiger partial charge is 0.497 e. The summed E-state index contributed by atoms with van der Waals surface area (Å²) in [5.41, 5.74) is 3.14. The zero-order valence-corrected chi connectivity index (χ0v) is 17.8. The number of nitrogens with one attached hydrogen (secondary N) is 2. The van der Waals surface area contributed by atoms with E-state index in [4.69, 9.17) is 4.74 Å². The lowest BCUT2D eigenvalue weighted by Crippen LogP contribution is -2.02. The maximum atomic E-state index is 9.59. The van der Waals surface area contributed by atoms with Gasteiger partial charge in [-0.05, 0) is 48.0 Å². The number of methoxy groups -OCH3 is 1. The molecule has 30 heavy (non-hydrogen) atoms. The van der Waals surface area contributed by atoms with Crippen LogP contribution >= 0.6 is 15.9 Å². The summed E-state index contributed by atoms with van der Waals surface area (Å²) >= 11 is 3.45. The average Bonchev–Trinajstić information content (AvgIpc) is 2.77. The second kappa shape index (κ2) is 8.80. The standard InChI is InChI=1S/C23H18BrN5O/c1-30-20-7-5-15(6-8-20)13-26-22-10-16-9-17(12-25)23(29-21(16)14-27-22)28-19-4-2-3-18(24)11-19/h2-11,14H,13H2,1H3,(H,26,27)(H,28,29). The first kappa shape index (κ1) is 19.7. The third-order valence-corrected chi connectivity index (χ3v) is 5.03. The van der Waals surface area contributed by atoms with Crippen molar-refractivity contribution in [1.82, 2.24) is 9.97 Å². The van der Waals surface area contributed by atoms with Gasteiger partial charge in [0.2, 0.25) is 0 Å². The Bertz CT molecular complexity index is 1230. The molecule has 0 aliphatic rings. The Morgan fingerprint density at radius 2 is 1.93 bits per heavy atom. The molecule has 2 aromatic carbocycles. The molecule has 0 unspecified atom stereocenters. The summed E-state index contributed by atoms with van der Waals surface area (Å²) in [6.07, 6.45) is 1.71. The molecule has 0 radical (unpaired) electrons. The van der Waals surface area contributed by atoms with Crippen molar-refractivity contribution in [3.63, 3.8) is 0 Å². The van der Waals surface area contributed by atoms with Gasteiger partial charge >= 0.3 is 0 Å². The molecule has 0 aliphatic heterocycles. The van der Waals surface area contributed by atoms with Gasteiger partial charge in [0.1, 0.15) is 23.5 Å². The fraction of sp³-hybridized carbons (Fsp3) is 0.0870. The Labute approximate surface area is 182 Å². The lowest BCUT2D eigenvalue weighted by molar-refractivity contribution is 0.414. The molecule has 0 spiro atoms. The third kappa shape index (κ3) is 4.50. The molecular weight excluding hydrogens is 442 g/mol. The first-order chi connectivity index (χ1) is 14.6. The third-order valence-electron chi connectivity index (χ3n) is 4.54. The number of anilines is 3. The van der Waals surface area contributed by atoms with Gasteiger partial charge in [0.05, 0.1) is 24.4 Å². The van der Waals surface area contributed by atoms with Gasteiger partial charge in [0.25, 0.3) is 0 Å². The van der Waals surface area contributed by atoms with Crippen LogP contribution in [0.3, 0.4) is 0 Å². The first-order valence-corrected chi connectivity index (χ1v) is 10.0. The van der Waals surface area contributed by atoms with Gasteiger partial charge in [-0.15, -0.1) is 0 Å². The van der Waals surface area contributed by atoms with Crippen molar-refractivity contribution in [3.8, 4) is 11.8 Å². The second-order valence-electron chi connectivity index (χ2n) is 6.60. The topological polar surface area (TPSA) is 82.9 Å². The van der Waals surface area contributed by atoms with Crippen molar-refractivity contribution in [2.24, 2.45) is 0 Å². The van der Waals surface area contributed by atoms with Crippen molar-refractivity contribution < 1.29 is 4.74 Å². The molecule has 0 saturated carbocycles. The van der Waals surface area contributed by atoms with E-state index in [9.17, 15) is 5.26 Å². The highest BCUT2D eigenvalue weighted by atomic mass is 79.9.